The summed E-state index contributed by atoms with van der Waals surface area (Å²) in [5, 5.41) is 26.7. The molecule has 270 valence electrons. The molecule has 10 heteroatoms. The lowest BCUT2D eigenvalue weighted by Gasteiger charge is -2.28. The molecule has 0 bridgehead atoms. The molecule has 0 atom stereocenters. The zero-order valence-electron chi connectivity index (χ0n) is 32.2. The number of aromatic hydroxyl groups is 2. The molecular weight excluding hydrogens is 653 g/mol. The van der Waals surface area contributed by atoms with Crippen LogP contribution in [0.5, 0.6) is 11.5 Å². The van der Waals surface area contributed by atoms with Crippen LogP contribution in [0.15, 0.2) is 34.1 Å². The van der Waals surface area contributed by atoms with Crippen molar-refractivity contribution in [1.29, 1.82) is 0 Å². The third-order valence-electron chi connectivity index (χ3n) is 8.44. The highest BCUT2D eigenvalue weighted by Gasteiger charge is 2.31. The zero-order valence-corrected chi connectivity index (χ0v) is 33.9. The fourth-order valence-corrected chi connectivity index (χ4v) is 7.53. The van der Waals surface area contributed by atoms with E-state index in [0.29, 0.717) is 23.3 Å². The Hall–Kier alpha value is -2.92. The molecule has 0 unspecified atom stereocenters. The Morgan fingerprint density at radius 3 is 1.22 bits per heavy atom. The molecular formula is C39H58N4O4S2. The van der Waals surface area contributed by atoms with E-state index in [1.54, 1.807) is 28.8 Å². The molecule has 2 saturated heterocycles. The molecule has 4 rings (SSSR count). The molecule has 8 nitrogen and oxygen atoms in total. The molecule has 0 saturated carbocycles. The van der Waals surface area contributed by atoms with Gasteiger partial charge in [0.25, 0.3) is 11.8 Å². The maximum atomic E-state index is 12.5. The van der Waals surface area contributed by atoms with Crippen molar-refractivity contribution in [2.24, 2.45) is 0 Å². The van der Waals surface area contributed by atoms with E-state index in [1.807, 2.05) is 55.5 Å². The molecule has 0 radical (unpaired) electrons. The summed E-state index contributed by atoms with van der Waals surface area (Å²) in [4.78, 5) is 26.3. The number of rotatable bonds is 4. The number of hydrazine groups is 2. The lowest BCUT2D eigenvalue weighted by molar-refractivity contribution is -0.136. The maximum Gasteiger partial charge on any atom is 0.275 e. The minimum absolute atomic E-state index is 0.00908. The molecule has 2 amide bonds. The first-order valence-corrected chi connectivity index (χ1v) is 18.7. The van der Waals surface area contributed by atoms with Gasteiger partial charge in [-0.2, -0.15) is 0 Å². The Morgan fingerprint density at radius 2 is 0.959 bits per heavy atom. The van der Waals surface area contributed by atoms with Crippen molar-refractivity contribution in [1.82, 2.24) is 20.5 Å². The van der Waals surface area contributed by atoms with Crippen LogP contribution in [0.3, 0.4) is 0 Å². The first kappa shape index (κ1) is 40.5. The van der Waals surface area contributed by atoms with E-state index in [-0.39, 0.29) is 33.5 Å². The summed E-state index contributed by atoms with van der Waals surface area (Å²) in [7, 11) is 5.49. The van der Waals surface area contributed by atoms with Crippen LogP contribution in [0.4, 0.5) is 0 Å². The first-order valence-electron chi connectivity index (χ1n) is 16.7. The van der Waals surface area contributed by atoms with Crippen molar-refractivity contribution >= 4 is 47.5 Å². The number of phenolic OH excluding ortho intramolecular Hbond substituents is 2. The van der Waals surface area contributed by atoms with Crippen molar-refractivity contribution in [3.05, 3.63) is 67.5 Å². The number of nitrogens with one attached hydrogen (secondary N) is 1. The molecule has 2 aliphatic rings. The Kier molecular flexibility index (Phi) is 12.2. The van der Waals surface area contributed by atoms with Crippen molar-refractivity contribution in [2.45, 2.75) is 105 Å². The van der Waals surface area contributed by atoms with Crippen molar-refractivity contribution < 1.29 is 19.8 Å². The average molecular weight is 711 g/mol. The van der Waals surface area contributed by atoms with Crippen LogP contribution in [0, 0.1) is 0 Å². The number of phenols is 2. The van der Waals surface area contributed by atoms with E-state index in [9.17, 15) is 19.8 Å². The number of hydrogen-bond donors (Lipinski definition) is 3. The lowest BCUT2D eigenvalue weighted by atomic mass is 9.78. The van der Waals surface area contributed by atoms with Gasteiger partial charge >= 0.3 is 0 Å². The predicted octanol–water partition coefficient (Wildman–Crippen LogP) is 8.33. The Bertz CT molecular complexity index is 1560. The van der Waals surface area contributed by atoms with Gasteiger partial charge in [-0.3, -0.25) is 19.6 Å². The fraction of sp³-hybridized carbons (Fsp3) is 0.538. The first-order chi connectivity index (χ1) is 22.3. The fourth-order valence-electron chi connectivity index (χ4n) is 5.51. The normalized spacial score (nSPS) is 17.9. The smallest absolute Gasteiger partial charge is 0.275 e. The van der Waals surface area contributed by atoms with E-state index in [4.69, 9.17) is 0 Å². The quantitative estimate of drug-likeness (QED) is 0.273. The van der Waals surface area contributed by atoms with E-state index >= 15 is 0 Å². The van der Waals surface area contributed by atoms with Gasteiger partial charge in [0.1, 0.15) is 11.5 Å². The second kappa shape index (κ2) is 14.7. The van der Waals surface area contributed by atoms with Gasteiger partial charge in [-0.1, -0.05) is 107 Å². The number of carbonyl (C=O) groups excluding carboxylic acids is 2. The summed E-state index contributed by atoms with van der Waals surface area (Å²) in [5.74, 6) is 1.98. The largest absolute Gasteiger partial charge is 0.507 e. The van der Waals surface area contributed by atoms with E-state index in [2.05, 4.69) is 88.5 Å². The number of hydrogen-bond acceptors (Lipinski definition) is 8. The monoisotopic (exact) mass is 710 g/mol. The second-order valence-electron chi connectivity index (χ2n) is 17.0. The lowest BCUT2D eigenvalue weighted by Crippen LogP contribution is -2.37. The Morgan fingerprint density at radius 1 is 0.633 bits per heavy atom. The molecule has 2 aliphatic heterocycles. The number of carbonyl (C=O) groups is 2. The summed E-state index contributed by atoms with van der Waals surface area (Å²) in [6.45, 7) is 25.1. The van der Waals surface area contributed by atoms with Crippen LogP contribution in [0.2, 0.25) is 0 Å². The Balaban J connectivity index is 0.000000266. The number of thioether (sulfide) groups is 2. The van der Waals surface area contributed by atoms with Crippen LogP contribution >= 0.6 is 23.5 Å². The summed E-state index contributed by atoms with van der Waals surface area (Å²) < 4.78 is 0. The van der Waals surface area contributed by atoms with Gasteiger partial charge in [-0.25, -0.2) is 10.4 Å². The highest BCUT2D eigenvalue weighted by molar-refractivity contribution is 8.04. The van der Waals surface area contributed by atoms with E-state index in [0.717, 1.165) is 43.2 Å². The standard InChI is InChI=1S/C20H30N2O2S.C19H28N2O2S/c1-19(2,3)14-9-13(10-15(17(14)23)20(4,5)6)11-16-18(24)22(12-25-16)21(7)8;1-18(2,3)13-8-12(9-14(16(13)22)19(4,5)6)10-15-17(23)21(20-7)11-24-15/h9-11,23H,12H2,1-8H3;8-10,20,22H,11H2,1-7H3. The van der Waals surface area contributed by atoms with Gasteiger partial charge in [0.15, 0.2) is 0 Å². The Labute approximate surface area is 303 Å². The molecule has 49 heavy (non-hydrogen) atoms. The molecule has 0 spiro atoms. The highest BCUT2D eigenvalue weighted by atomic mass is 32.2. The van der Waals surface area contributed by atoms with Crippen molar-refractivity contribution in [3.63, 3.8) is 0 Å². The molecule has 0 aliphatic carbocycles. The number of amides is 2. The summed E-state index contributed by atoms with van der Waals surface area (Å²) >= 11 is 3.07. The zero-order chi connectivity index (χ0) is 37.4. The van der Waals surface area contributed by atoms with Crippen molar-refractivity contribution in [3.8, 4) is 11.5 Å². The minimum Gasteiger partial charge on any atom is -0.507 e. The highest BCUT2D eigenvalue weighted by Crippen LogP contribution is 2.42. The van der Waals surface area contributed by atoms with Gasteiger partial charge in [0.05, 0.1) is 21.6 Å². The molecule has 3 N–H and O–H groups in total. The minimum atomic E-state index is -0.179. The van der Waals surface area contributed by atoms with Crippen LogP contribution in [0.25, 0.3) is 12.2 Å². The SMILES string of the molecule is CN(C)N1CSC(=Cc2cc(C(C)(C)C)c(O)c(C(C)(C)C)c2)C1=O.CNN1CSC(=Cc2cc(C(C)(C)C)c(O)c(C(C)(C)C)c2)C1=O. The predicted molar refractivity (Wildman–Crippen MR) is 208 cm³/mol. The van der Waals surface area contributed by atoms with Crippen LogP contribution < -0.4 is 5.43 Å². The van der Waals surface area contributed by atoms with Crippen LogP contribution in [-0.4, -0.2) is 70.0 Å². The van der Waals surface area contributed by atoms with Gasteiger partial charge in [0.2, 0.25) is 0 Å². The number of nitrogens with zero attached hydrogens (tertiary/aromatic N) is 3. The molecule has 2 aromatic rings. The van der Waals surface area contributed by atoms with Crippen LogP contribution in [0.1, 0.15) is 116 Å². The summed E-state index contributed by atoms with van der Waals surface area (Å²) in [6, 6.07) is 7.99. The van der Waals surface area contributed by atoms with Gasteiger partial charge < -0.3 is 10.2 Å². The third-order valence-corrected chi connectivity index (χ3v) is 10.4. The topological polar surface area (TPSA) is 96.3 Å². The molecule has 0 aromatic heterocycles. The van der Waals surface area contributed by atoms with Gasteiger partial charge in [-0.05, 0) is 69.2 Å². The number of benzene rings is 2. The van der Waals surface area contributed by atoms with Crippen molar-refractivity contribution in [2.75, 3.05) is 32.9 Å². The second-order valence-corrected chi connectivity index (χ2v) is 19.0. The van der Waals surface area contributed by atoms with Gasteiger partial charge in [-0.15, -0.1) is 0 Å². The summed E-state index contributed by atoms with van der Waals surface area (Å²) in [6.07, 6.45) is 3.87. The van der Waals surface area contributed by atoms with E-state index in [1.165, 1.54) is 11.8 Å². The average Bonchev–Trinajstić information content (AvgIpc) is 3.49. The van der Waals surface area contributed by atoms with Crippen LogP contribution in [-0.2, 0) is 31.2 Å². The van der Waals surface area contributed by atoms with Gasteiger partial charge in [0, 0.05) is 43.4 Å². The molecule has 2 aromatic carbocycles. The molecule has 2 heterocycles. The summed E-state index contributed by atoms with van der Waals surface area (Å²) in [5.41, 5.74) is 7.72. The molecule has 2 fully saturated rings. The maximum absolute atomic E-state index is 12.5. The third kappa shape index (κ3) is 9.66. The van der Waals surface area contributed by atoms with E-state index < -0.39 is 0 Å².